The van der Waals surface area contributed by atoms with Crippen molar-refractivity contribution in [3.63, 3.8) is 0 Å². The van der Waals surface area contributed by atoms with Crippen LogP contribution in [0.3, 0.4) is 0 Å². The van der Waals surface area contributed by atoms with Crippen LogP contribution in [-0.4, -0.2) is 38.5 Å². The number of benzene rings is 2. The first-order valence-corrected chi connectivity index (χ1v) is 14.5. The quantitative estimate of drug-likeness (QED) is 0.207. The first-order chi connectivity index (χ1) is 20.7. The van der Waals surface area contributed by atoms with Crippen LogP contribution < -0.4 is 4.90 Å². The molecule has 0 fully saturated rings. The summed E-state index contributed by atoms with van der Waals surface area (Å²) < 4.78 is 1.93. The number of aromatic nitrogens is 4. The maximum atomic E-state index is 14.1. The van der Waals surface area contributed by atoms with Gasteiger partial charge in [-0.05, 0) is 53.9 Å². The minimum Gasteiger partial charge on any atom is -0.306 e. The van der Waals surface area contributed by atoms with Gasteiger partial charge in [0.1, 0.15) is 5.69 Å². The fourth-order valence-electron chi connectivity index (χ4n) is 5.45. The molecule has 0 atom stereocenters. The number of fused-ring (bicyclic) bond motifs is 3. The van der Waals surface area contributed by atoms with Crippen LogP contribution in [-0.2, 0) is 13.0 Å². The number of carbonyl (C=O) groups excluding carboxylic acids is 2. The summed E-state index contributed by atoms with van der Waals surface area (Å²) in [6, 6.07) is 31.3. The molecule has 1 amide bonds. The molecule has 0 radical (unpaired) electrons. The number of thiophene rings is 1. The molecular formula is C34H25N5O2S. The zero-order chi connectivity index (χ0) is 28.5. The second kappa shape index (κ2) is 11.0. The lowest BCUT2D eigenvalue weighted by Gasteiger charge is -2.23. The summed E-state index contributed by atoms with van der Waals surface area (Å²) in [6.45, 7) is 1.06. The van der Waals surface area contributed by atoms with E-state index in [1.165, 1.54) is 11.3 Å². The Labute approximate surface area is 246 Å². The number of hydrogen-bond acceptors (Lipinski definition) is 6. The minimum absolute atomic E-state index is 0.175. The molecule has 6 aromatic rings. The van der Waals surface area contributed by atoms with E-state index in [1.807, 2.05) is 83.5 Å². The topological polar surface area (TPSA) is 81.0 Å². The van der Waals surface area contributed by atoms with Crippen LogP contribution >= 0.6 is 11.3 Å². The molecule has 8 heteroatoms. The molecule has 0 saturated carbocycles. The van der Waals surface area contributed by atoms with E-state index in [0.29, 0.717) is 35.8 Å². The molecule has 1 aliphatic rings. The van der Waals surface area contributed by atoms with Gasteiger partial charge >= 0.3 is 0 Å². The van der Waals surface area contributed by atoms with Crippen LogP contribution in [0.5, 0.6) is 0 Å². The van der Waals surface area contributed by atoms with Crippen LogP contribution in [0, 0.1) is 0 Å². The van der Waals surface area contributed by atoms with Crippen LogP contribution in [0.15, 0.2) is 109 Å². The van der Waals surface area contributed by atoms with Crippen molar-refractivity contribution >= 4 is 29.2 Å². The highest BCUT2D eigenvalue weighted by atomic mass is 32.1. The highest BCUT2D eigenvalue weighted by Crippen LogP contribution is 2.41. The van der Waals surface area contributed by atoms with Gasteiger partial charge < -0.3 is 4.90 Å². The summed E-state index contributed by atoms with van der Waals surface area (Å²) in [4.78, 5) is 38.6. The van der Waals surface area contributed by atoms with Crippen molar-refractivity contribution in [1.82, 2.24) is 19.7 Å². The van der Waals surface area contributed by atoms with Crippen molar-refractivity contribution in [3.05, 3.63) is 131 Å². The fourth-order valence-corrected chi connectivity index (χ4v) is 6.51. The number of amides is 1. The predicted molar refractivity (Wildman–Crippen MR) is 165 cm³/mol. The zero-order valence-electron chi connectivity index (χ0n) is 22.6. The Morgan fingerprint density at radius 3 is 2.52 bits per heavy atom. The second-order valence-electron chi connectivity index (χ2n) is 10.0. The molecule has 0 unspecified atom stereocenters. The lowest BCUT2D eigenvalue weighted by molar-refractivity contribution is 0.0982. The molecule has 5 heterocycles. The lowest BCUT2D eigenvalue weighted by atomic mass is 10.1. The van der Waals surface area contributed by atoms with Crippen molar-refractivity contribution in [1.29, 1.82) is 0 Å². The molecule has 42 heavy (non-hydrogen) atoms. The highest BCUT2D eigenvalue weighted by molar-refractivity contribution is 7.17. The van der Waals surface area contributed by atoms with Crippen LogP contribution in [0.25, 0.3) is 33.1 Å². The minimum atomic E-state index is -0.175. The number of anilines is 1. The van der Waals surface area contributed by atoms with Crippen molar-refractivity contribution in [2.24, 2.45) is 0 Å². The van der Waals surface area contributed by atoms with Crippen LogP contribution in [0.1, 0.15) is 31.3 Å². The molecule has 4 aromatic heterocycles. The van der Waals surface area contributed by atoms with Crippen molar-refractivity contribution in [2.45, 2.75) is 13.0 Å². The van der Waals surface area contributed by atoms with Gasteiger partial charge in [-0.25, -0.2) is 4.98 Å². The van der Waals surface area contributed by atoms with Gasteiger partial charge in [0, 0.05) is 28.7 Å². The van der Waals surface area contributed by atoms with E-state index in [4.69, 9.17) is 10.1 Å². The van der Waals surface area contributed by atoms with Gasteiger partial charge in [-0.3, -0.25) is 19.3 Å². The SMILES string of the molecule is O=Cc1cc2c(s1)-c1ccccc1N(C(=O)c1cccc(-c3cnn(Cc4ccccc4)c3-c3ccccn3)n1)CC2. The van der Waals surface area contributed by atoms with Crippen LogP contribution in [0.2, 0.25) is 0 Å². The van der Waals surface area contributed by atoms with E-state index in [9.17, 15) is 9.59 Å². The number of pyridine rings is 2. The first-order valence-electron chi connectivity index (χ1n) is 13.7. The monoisotopic (exact) mass is 567 g/mol. The molecule has 7 rings (SSSR count). The third kappa shape index (κ3) is 4.71. The largest absolute Gasteiger partial charge is 0.306 e. The number of hydrogen-bond donors (Lipinski definition) is 0. The number of para-hydroxylation sites is 1. The Morgan fingerprint density at radius 2 is 1.69 bits per heavy atom. The van der Waals surface area contributed by atoms with Gasteiger partial charge in [0.2, 0.25) is 0 Å². The molecule has 0 spiro atoms. The Hall–Kier alpha value is -5.21. The molecule has 1 aliphatic heterocycles. The fraction of sp³-hybridized carbons (Fsp3) is 0.0882. The molecule has 0 N–H and O–H groups in total. The van der Waals surface area contributed by atoms with Gasteiger partial charge in [0.25, 0.3) is 5.91 Å². The highest BCUT2D eigenvalue weighted by Gasteiger charge is 2.28. The average Bonchev–Trinajstić information content (AvgIpc) is 3.63. The molecule has 0 bridgehead atoms. The van der Waals surface area contributed by atoms with E-state index < -0.39 is 0 Å². The smallest absolute Gasteiger partial charge is 0.276 e. The normalized spacial score (nSPS) is 12.3. The van der Waals surface area contributed by atoms with E-state index in [1.54, 1.807) is 23.4 Å². The predicted octanol–water partition coefficient (Wildman–Crippen LogP) is 6.80. The molecule has 0 aliphatic carbocycles. The molecule has 2 aromatic carbocycles. The summed E-state index contributed by atoms with van der Waals surface area (Å²) in [5, 5.41) is 4.72. The second-order valence-corrected chi connectivity index (χ2v) is 11.1. The Kier molecular flexibility index (Phi) is 6.73. The van der Waals surface area contributed by atoms with E-state index in [2.05, 4.69) is 17.1 Å². The van der Waals surface area contributed by atoms with Crippen molar-refractivity contribution in [2.75, 3.05) is 11.4 Å². The standard InChI is InChI=1S/C34H25N5O2S/c40-22-25-19-24-16-18-38(31-15-5-4-11-26(31)33(24)42-25)34(41)30-14-8-13-28(37-30)27-20-36-39(21-23-9-2-1-3-10-23)32(27)29-12-6-7-17-35-29/h1-15,17,19-20,22H,16,18,21H2. The Bertz CT molecular complexity index is 1910. The maximum Gasteiger partial charge on any atom is 0.276 e. The van der Waals surface area contributed by atoms with Gasteiger partial charge in [-0.15, -0.1) is 11.3 Å². The van der Waals surface area contributed by atoms with E-state index in [0.717, 1.165) is 50.5 Å². The molecular weight excluding hydrogens is 542 g/mol. The third-order valence-corrected chi connectivity index (χ3v) is 8.54. The van der Waals surface area contributed by atoms with Gasteiger partial charge in [-0.1, -0.05) is 60.7 Å². The summed E-state index contributed by atoms with van der Waals surface area (Å²) in [7, 11) is 0. The molecule has 204 valence electrons. The van der Waals surface area contributed by atoms with Gasteiger partial charge in [0.05, 0.1) is 40.4 Å². The molecule has 7 nitrogen and oxygen atoms in total. The Balaban J connectivity index is 1.27. The van der Waals surface area contributed by atoms with Crippen molar-refractivity contribution < 1.29 is 9.59 Å². The summed E-state index contributed by atoms with van der Waals surface area (Å²) in [6.07, 6.45) is 5.10. The number of aldehydes is 1. The van der Waals surface area contributed by atoms with Gasteiger partial charge in [-0.2, -0.15) is 5.10 Å². The Morgan fingerprint density at radius 1 is 0.881 bits per heavy atom. The summed E-state index contributed by atoms with van der Waals surface area (Å²) >= 11 is 1.47. The summed E-state index contributed by atoms with van der Waals surface area (Å²) in [5.41, 5.74) is 7.40. The average molecular weight is 568 g/mol. The zero-order valence-corrected chi connectivity index (χ0v) is 23.4. The first kappa shape index (κ1) is 25.7. The lowest BCUT2D eigenvalue weighted by Crippen LogP contribution is -2.33. The van der Waals surface area contributed by atoms with Gasteiger partial charge in [0.15, 0.2) is 6.29 Å². The molecule has 0 saturated heterocycles. The number of carbonyl (C=O) groups is 2. The number of rotatable bonds is 6. The van der Waals surface area contributed by atoms with E-state index in [-0.39, 0.29) is 5.91 Å². The summed E-state index contributed by atoms with van der Waals surface area (Å²) in [5.74, 6) is -0.175. The maximum absolute atomic E-state index is 14.1. The van der Waals surface area contributed by atoms with Crippen molar-refractivity contribution in [3.8, 4) is 33.1 Å². The number of nitrogens with zero attached hydrogens (tertiary/aromatic N) is 5. The third-order valence-electron chi connectivity index (χ3n) is 7.40. The van der Waals surface area contributed by atoms with Crippen LogP contribution in [0.4, 0.5) is 5.69 Å². The van der Waals surface area contributed by atoms with E-state index >= 15 is 0 Å².